The Morgan fingerprint density at radius 1 is 1.19 bits per heavy atom. The summed E-state index contributed by atoms with van der Waals surface area (Å²) in [6, 6.07) is 6.64. The van der Waals surface area contributed by atoms with E-state index in [0.29, 0.717) is 11.7 Å². The molecular formula is C21H26ClF2N5O2S. The summed E-state index contributed by atoms with van der Waals surface area (Å²) >= 11 is 6.36. The highest BCUT2D eigenvalue weighted by Crippen LogP contribution is 2.33. The molecule has 0 radical (unpaired) electrons. The third kappa shape index (κ3) is 4.98. The van der Waals surface area contributed by atoms with Crippen LogP contribution in [0.3, 0.4) is 0 Å². The molecule has 2 aromatic rings. The van der Waals surface area contributed by atoms with Crippen molar-refractivity contribution in [3.63, 3.8) is 0 Å². The first kappa shape index (κ1) is 23.2. The number of benzene rings is 1. The van der Waals surface area contributed by atoms with Crippen LogP contribution < -0.4 is 15.4 Å². The molecule has 2 aliphatic rings. The van der Waals surface area contributed by atoms with E-state index in [0.717, 1.165) is 57.0 Å². The molecule has 4 rings (SSSR count). The molecule has 1 aliphatic carbocycles. The number of rotatable bonds is 7. The van der Waals surface area contributed by atoms with Gasteiger partial charge in [0.05, 0.1) is 10.7 Å². The van der Waals surface area contributed by atoms with Gasteiger partial charge < -0.3 is 10.6 Å². The second kappa shape index (κ2) is 9.46. The van der Waals surface area contributed by atoms with E-state index in [9.17, 15) is 17.2 Å². The second-order valence-electron chi connectivity index (χ2n) is 8.29. The summed E-state index contributed by atoms with van der Waals surface area (Å²) in [5.41, 5.74) is 0.351. The minimum atomic E-state index is -4.35. The standard InChI is InChI=1S/C21H26ClF2N5O2S/c1-29(13-11-25-12-13)18-6-3-2-5-16(18)26-17-10-15(23)19(9-14(17)22)32(30,31)28-21-8-4-7-20(24)27-21/h4,7-10,13,16,18,25-26H,2-3,5-6,11-12H2,1H3,(H,27,28)/t16-,18-/m0/s1. The largest absolute Gasteiger partial charge is 0.379 e. The molecule has 1 aliphatic heterocycles. The number of sulfonamides is 1. The number of nitrogens with one attached hydrogen (secondary N) is 3. The minimum absolute atomic E-state index is 0.0725. The van der Waals surface area contributed by atoms with Crippen molar-refractivity contribution in [3.05, 3.63) is 47.1 Å². The number of nitrogens with zero attached hydrogens (tertiary/aromatic N) is 2. The van der Waals surface area contributed by atoms with E-state index >= 15 is 0 Å². The predicted molar refractivity (Wildman–Crippen MR) is 121 cm³/mol. The van der Waals surface area contributed by atoms with Crippen molar-refractivity contribution < 1.29 is 17.2 Å². The molecule has 0 spiro atoms. The maximum absolute atomic E-state index is 14.9. The molecule has 3 N–H and O–H groups in total. The van der Waals surface area contributed by atoms with Crippen LogP contribution in [0.25, 0.3) is 0 Å². The average molecular weight is 486 g/mol. The van der Waals surface area contributed by atoms with Crippen LogP contribution in [0.4, 0.5) is 20.3 Å². The van der Waals surface area contributed by atoms with Crippen LogP contribution >= 0.6 is 11.6 Å². The Bertz CT molecular complexity index is 1080. The Balaban J connectivity index is 1.54. The molecule has 1 saturated heterocycles. The summed E-state index contributed by atoms with van der Waals surface area (Å²) in [5.74, 6) is -2.06. The van der Waals surface area contributed by atoms with E-state index in [1.54, 1.807) is 0 Å². The number of anilines is 2. The first-order valence-corrected chi connectivity index (χ1v) is 12.4. The van der Waals surface area contributed by atoms with Crippen LogP contribution in [-0.2, 0) is 10.0 Å². The van der Waals surface area contributed by atoms with E-state index in [1.165, 1.54) is 12.1 Å². The van der Waals surface area contributed by atoms with Crippen molar-refractivity contribution in [3.8, 4) is 0 Å². The van der Waals surface area contributed by atoms with Gasteiger partial charge in [0.2, 0.25) is 5.95 Å². The van der Waals surface area contributed by atoms with Crippen LogP contribution in [0.15, 0.2) is 35.2 Å². The van der Waals surface area contributed by atoms with Gasteiger partial charge in [-0.1, -0.05) is 30.5 Å². The number of pyridine rings is 1. The van der Waals surface area contributed by atoms with Crippen LogP contribution in [0.2, 0.25) is 5.02 Å². The monoisotopic (exact) mass is 485 g/mol. The molecule has 0 unspecified atom stereocenters. The average Bonchev–Trinajstić information content (AvgIpc) is 2.69. The van der Waals surface area contributed by atoms with Gasteiger partial charge >= 0.3 is 0 Å². The van der Waals surface area contributed by atoms with Crippen LogP contribution in [0, 0.1) is 11.8 Å². The third-order valence-corrected chi connectivity index (χ3v) is 7.88. The summed E-state index contributed by atoms with van der Waals surface area (Å²) in [4.78, 5) is 5.19. The molecule has 32 heavy (non-hydrogen) atoms. The summed E-state index contributed by atoms with van der Waals surface area (Å²) in [6.07, 6.45) is 4.14. The van der Waals surface area contributed by atoms with Crippen molar-refractivity contribution in [1.29, 1.82) is 0 Å². The smallest absolute Gasteiger partial charge is 0.266 e. The fourth-order valence-corrected chi connectivity index (χ4v) is 5.67. The Morgan fingerprint density at radius 2 is 1.94 bits per heavy atom. The van der Waals surface area contributed by atoms with E-state index < -0.39 is 26.7 Å². The van der Waals surface area contributed by atoms with Crippen molar-refractivity contribution in [1.82, 2.24) is 15.2 Å². The van der Waals surface area contributed by atoms with E-state index in [1.807, 2.05) is 0 Å². The SMILES string of the molecule is CN(C1CNC1)[C@H]1CCCC[C@@H]1Nc1cc(F)c(S(=O)(=O)Nc2cccc(F)n2)cc1Cl. The molecule has 1 aromatic carbocycles. The highest BCUT2D eigenvalue weighted by atomic mass is 35.5. The topological polar surface area (TPSA) is 86.4 Å². The first-order valence-electron chi connectivity index (χ1n) is 10.6. The molecule has 2 fully saturated rings. The molecule has 0 amide bonds. The van der Waals surface area contributed by atoms with Crippen molar-refractivity contribution in [2.75, 3.05) is 30.2 Å². The van der Waals surface area contributed by atoms with Crippen LogP contribution in [-0.4, -0.2) is 56.6 Å². The van der Waals surface area contributed by atoms with Crippen molar-refractivity contribution in [2.24, 2.45) is 0 Å². The number of aromatic nitrogens is 1. The van der Waals surface area contributed by atoms with E-state index in [2.05, 4.69) is 32.3 Å². The number of hydrogen-bond acceptors (Lipinski definition) is 6. The maximum atomic E-state index is 14.9. The molecule has 1 aromatic heterocycles. The Morgan fingerprint density at radius 3 is 2.62 bits per heavy atom. The molecular weight excluding hydrogens is 460 g/mol. The van der Waals surface area contributed by atoms with Gasteiger partial charge in [0.15, 0.2) is 0 Å². The lowest BCUT2D eigenvalue weighted by atomic mass is 9.88. The van der Waals surface area contributed by atoms with Crippen molar-refractivity contribution >= 4 is 33.1 Å². The lowest BCUT2D eigenvalue weighted by Gasteiger charge is -2.45. The quantitative estimate of drug-likeness (QED) is 0.521. The highest BCUT2D eigenvalue weighted by molar-refractivity contribution is 7.92. The number of likely N-dealkylation sites (N-methyl/N-ethyl adjacent to an activating group) is 1. The Hall–Kier alpha value is -2.01. The number of halogens is 3. The summed E-state index contributed by atoms with van der Waals surface area (Å²) in [6.45, 7) is 1.91. The lowest BCUT2D eigenvalue weighted by molar-refractivity contribution is 0.0944. The van der Waals surface area contributed by atoms with Gasteiger partial charge in [-0.15, -0.1) is 0 Å². The summed E-state index contributed by atoms with van der Waals surface area (Å²) in [7, 11) is -2.23. The lowest BCUT2D eigenvalue weighted by Crippen LogP contribution is -2.61. The van der Waals surface area contributed by atoms with Gasteiger partial charge in [0.25, 0.3) is 10.0 Å². The van der Waals surface area contributed by atoms with Gasteiger partial charge in [-0.25, -0.2) is 17.8 Å². The maximum Gasteiger partial charge on any atom is 0.266 e. The molecule has 2 heterocycles. The highest BCUT2D eigenvalue weighted by Gasteiger charge is 2.34. The molecule has 1 saturated carbocycles. The van der Waals surface area contributed by atoms with Gasteiger partial charge in [0.1, 0.15) is 16.5 Å². The second-order valence-corrected chi connectivity index (χ2v) is 10.4. The van der Waals surface area contributed by atoms with E-state index in [-0.39, 0.29) is 22.9 Å². The fourth-order valence-electron chi connectivity index (χ4n) is 4.30. The normalized spacial score (nSPS) is 21.9. The zero-order valence-corrected chi connectivity index (χ0v) is 19.2. The first-order chi connectivity index (χ1) is 15.2. The molecule has 11 heteroatoms. The number of hydrogen-bond donors (Lipinski definition) is 3. The van der Waals surface area contributed by atoms with Gasteiger partial charge in [-0.3, -0.25) is 9.62 Å². The van der Waals surface area contributed by atoms with Gasteiger partial charge in [0, 0.05) is 31.2 Å². The zero-order valence-electron chi connectivity index (χ0n) is 17.6. The zero-order chi connectivity index (χ0) is 22.9. The van der Waals surface area contributed by atoms with Gasteiger partial charge in [-0.05, 0) is 44.2 Å². The van der Waals surface area contributed by atoms with E-state index in [4.69, 9.17) is 11.6 Å². The van der Waals surface area contributed by atoms with Gasteiger partial charge in [-0.2, -0.15) is 4.39 Å². The summed E-state index contributed by atoms with van der Waals surface area (Å²) in [5, 5.41) is 6.72. The third-order valence-electron chi connectivity index (χ3n) is 6.19. The Kier molecular flexibility index (Phi) is 6.85. The Labute approximate surface area is 191 Å². The molecule has 174 valence electrons. The minimum Gasteiger partial charge on any atom is -0.379 e. The van der Waals surface area contributed by atoms with Crippen LogP contribution in [0.5, 0.6) is 0 Å². The molecule has 2 atom stereocenters. The molecule has 0 bridgehead atoms. The van der Waals surface area contributed by atoms with Crippen molar-refractivity contribution in [2.45, 2.75) is 48.7 Å². The fraction of sp³-hybridized carbons (Fsp3) is 0.476. The molecule has 7 nitrogen and oxygen atoms in total. The summed E-state index contributed by atoms with van der Waals surface area (Å²) < 4.78 is 55.5. The van der Waals surface area contributed by atoms with Crippen LogP contribution in [0.1, 0.15) is 25.7 Å². The predicted octanol–water partition coefficient (Wildman–Crippen LogP) is 3.44.